The van der Waals surface area contributed by atoms with Crippen LogP contribution in [-0.4, -0.2) is 26.7 Å². The maximum atomic E-state index is 12.2. The molecule has 0 bridgehead atoms. The van der Waals surface area contributed by atoms with E-state index in [9.17, 15) is 4.79 Å². The Bertz CT molecular complexity index is 784. The van der Waals surface area contributed by atoms with Crippen LogP contribution in [0.25, 0.3) is 6.08 Å². The van der Waals surface area contributed by atoms with E-state index in [0.29, 0.717) is 11.5 Å². The number of methoxy groups -OCH3 is 2. The summed E-state index contributed by atoms with van der Waals surface area (Å²) in [5.41, 5.74) is 1.57. The molecule has 1 amide bonds. The molecule has 2 aromatic rings. The largest absolute Gasteiger partial charge is 0.494 e. The van der Waals surface area contributed by atoms with Gasteiger partial charge in [-0.2, -0.15) is 0 Å². The minimum absolute atomic E-state index is 0.204. The van der Waals surface area contributed by atoms with Crippen molar-refractivity contribution in [3.8, 4) is 17.2 Å². The summed E-state index contributed by atoms with van der Waals surface area (Å²) < 4.78 is 16.2. The number of unbranched alkanes of at least 4 members (excludes halogenated alkanes) is 4. The van der Waals surface area contributed by atoms with E-state index in [-0.39, 0.29) is 5.91 Å². The van der Waals surface area contributed by atoms with E-state index in [1.54, 1.807) is 26.4 Å². The standard InChI is InChI=1S/C24H31NO4/c1-4-5-6-7-8-17-29-21-13-11-20(12-14-21)25-24(26)16-10-19-9-15-22(27-2)23(18-19)28-3/h9-16,18H,4-8,17H2,1-3H3,(H,25,26). The van der Waals surface area contributed by atoms with Crippen LogP contribution in [0, 0.1) is 0 Å². The number of benzene rings is 2. The molecule has 0 radical (unpaired) electrons. The number of nitrogens with one attached hydrogen (secondary N) is 1. The predicted octanol–water partition coefficient (Wildman–Crippen LogP) is 5.70. The van der Waals surface area contributed by atoms with Crippen molar-refractivity contribution in [1.29, 1.82) is 0 Å². The Morgan fingerprint density at radius 1 is 0.931 bits per heavy atom. The molecule has 0 aliphatic carbocycles. The minimum atomic E-state index is -0.204. The van der Waals surface area contributed by atoms with Crippen LogP contribution in [0.3, 0.4) is 0 Å². The van der Waals surface area contributed by atoms with Crippen molar-refractivity contribution in [3.63, 3.8) is 0 Å². The van der Waals surface area contributed by atoms with E-state index in [1.807, 2.05) is 36.4 Å². The molecule has 2 rings (SSSR count). The lowest BCUT2D eigenvalue weighted by atomic mass is 10.2. The van der Waals surface area contributed by atoms with E-state index in [2.05, 4.69) is 12.2 Å². The van der Waals surface area contributed by atoms with Crippen LogP contribution in [0.4, 0.5) is 5.69 Å². The Kier molecular flexibility index (Phi) is 9.63. The predicted molar refractivity (Wildman–Crippen MR) is 118 cm³/mol. The van der Waals surface area contributed by atoms with E-state index in [4.69, 9.17) is 14.2 Å². The Morgan fingerprint density at radius 2 is 1.66 bits per heavy atom. The Hall–Kier alpha value is -2.95. The average Bonchev–Trinajstić information content (AvgIpc) is 2.75. The zero-order valence-corrected chi connectivity index (χ0v) is 17.6. The summed E-state index contributed by atoms with van der Waals surface area (Å²) >= 11 is 0. The second kappa shape index (κ2) is 12.5. The van der Waals surface area contributed by atoms with Gasteiger partial charge < -0.3 is 19.5 Å². The summed E-state index contributed by atoms with van der Waals surface area (Å²) in [7, 11) is 3.17. The number of carbonyl (C=O) groups is 1. The molecule has 1 N–H and O–H groups in total. The second-order valence-corrected chi connectivity index (χ2v) is 6.72. The number of ether oxygens (including phenoxy) is 3. The van der Waals surface area contributed by atoms with Crippen LogP contribution in [0.2, 0.25) is 0 Å². The molecular weight excluding hydrogens is 366 g/mol. The highest BCUT2D eigenvalue weighted by Gasteiger charge is 2.04. The fourth-order valence-electron chi connectivity index (χ4n) is 2.84. The molecule has 29 heavy (non-hydrogen) atoms. The highest BCUT2D eigenvalue weighted by Crippen LogP contribution is 2.28. The van der Waals surface area contributed by atoms with Crippen molar-refractivity contribution in [2.75, 3.05) is 26.1 Å². The number of anilines is 1. The molecule has 0 aliphatic heterocycles. The number of amides is 1. The highest BCUT2D eigenvalue weighted by molar-refractivity contribution is 6.01. The van der Waals surface area contributed by atoms with Gasteiger partial charge in [-0.25, -0.2) is 0 Å². The molecule has 5 nitrogen and oxygen atoms in total. The molecular formula is C24H31NO4. The summed E-state index contributed by atoms with van der Waals surface area (Å²) in [6.45, 7) is 2.94. The van der Waals surface area contributed by atoms with Gasteiger partial charge in [0, 0.05) is 11.8 Å². The average molecular weight is 398 g/mol. The van der Waals surface area contributed by atoms with Crippen LogP contribution in [0.1, 0.15) is 44.6 Å². The van der Waals surface area contributed by atoms with Crippen LogP contribution in [0.15, 0.2) is 48.5 Å². The van der Waals surface area contributed by atoms with Gasteiger partial charge >= 0.3 is 0 Å². The summed E-state index contributed by atoms with van der Waals surface area (Å²) in [5, 5.41) is 2.84. The topological polar surface area (TPSA) is 56.8 Å². The summed E-state index contributed by atoms with van der Waals surface area (Å²) in [5.74, 6) is 1.89. The van der Waals surface area contributed by atoms with E-state index >= 15 is 0 Å². The van der Waals surface area contributed by atoms with Gasteiger partial charge in [0.05, 0.1) is 20.8 Å². The summed E-state index contributed by atoms with van der Waals surface area (Å²) in [6.07, 6.45) is 9.29. The molecule has 0 heterocycles. The Labute approximate surface area is 173 Å². The van der Waals surface area contributed by atoms with E-state index in [0.717, 1.165) is 30.0 Å². The van der Waals surface area contributed by atoms with E-state index < -0.39 is 0 Å². The van der Waals surface area contributed by atoms with E-state index in [1.165, 1.54) is 31.8 Å². The molecule has 2 aromatic carbocycles. The quantitative estimate of drug-likeness (QED) is 0.368. The lowest BCUT2D eigenvalue weighted by molar-refractivity contribution is -0.111. The maximum absolute atomic E-state index is 12.2. The second-order valence-electron chi connectivity index (χ2n) is 6.72. The fraction of sp³-hybridized carbons (Fsp3) is 0.375. The molecule has 0 saturated carbocycles. The minimum Gasteiger partial charge on any atom is -0.494 e. The summed E-state index contributed by atoms with van der Waals surface area (Å²) in [4.78, 5) is 12.2. The molecule has 0 fully saturated rings. The first-order chi connectivity index (χ1) is 14.2. The van der Waals surface area contributed by atoms with Gasteiger partial charge in [-0.1, -0.05) is 38.7 Å². The molecule has 0 spiro atoms. The van der Waals surface area contributed by atoms with Gasteiger partial charge in [0.2, 0.25) is 5.91 Å². The first-order valence-corrected chi connectivity index (χ1v) is 10.1. The molecule has 0 saturated heterocycles. The molecule has 0 atom stereocenters. The third kappa shape index (κ3) is 7.90. The third-order valence-corrected chi connectivity index (χ3v) is 4.47. The van der Waals surface area contributed by atoms with Gasteiger partial charge in [0.15, 0.2) is 11.5 Å². The lowest BCUT2D eigenvalue weighted by Crippen LogP contribution is -2.07. The van der Waals surface area contributed by atoms with Crippen molar-refractivity contribution < 1.29 is 19.0 Å². The van der Waals surface area contributed by atoms with Crippen molar-refractivity contribution in [2.24, 2.45) is 0 Å². The smallest absolute Gasteiger partial charge is 0.248 e. The normalized spacial score (nSPS) is 10.7. The van der Waals surface area contributed by atoms with Gasteiger partial charge in [0.1, 0.15) is 5.75 Å². The van der Waals surface area contributed by atoms with Crippen molar-refractivity contribution in [1.82, 2.24) is 0 Å². The van der Waals surface area contributed by atoms with Gasteiger partial charge in [0.25, 0.3) is 0 Å². The van der Waals surface area contributed by atoms with Crippen LogP contribution in [0.5, 0.6) is 17.2 Å². The molecule has 5 heteroatoms. The zero-order chi connectivity index (χ0) is 20.9. The first-order valence-electron chi connectivity index (χ1n) is 10.1. The first kappa shape index (κ1) is 22.3. The number of rotatable bonds is 12. The zero-order valence-electron chi connectivity index (χ0n) is 17.6. The van der Waals surface area contributed by atoms with Crippen molar-refractivity contribution in [3.05, 3.63) is 54.1 Å². The monoisotopic (exact) mass is 397 g/mol. The third-order valence-electron chi connectivity index (χ3n) is 4.47. The number of hydrogen-bond acceptors (Lipinski definition) is 4. The van der Waals surface area contributed by atoms with Crippen molar-refractivity contribution >= 4 is 17.7 Å². The van der Waals surface area contributed by atoms with Gasteiger partial charge in [-0.05, 0) is 54.5 Å². The molecule has 0 aliphatic rings. The molecule has 156 valence electrons. The Morgan fingerprint density at radius 3 is 2.34 bits per heavy atom. The van der Waals surface area contributed by atoms with Crippen LogP contribution in [-0.2, 0) is 4.79 Å². The number of carbonyl (C=O) groups excluding carboxylic acids is 1. The van der Waals surface area contributed by atoms with Gasteiger partial charge in [-0.3, -0.25) is 4.79 Å². The SMILES string of the molecule is CCCCCCCOc1ccc(NC(=O)C=Cc2ccc(OC)c(OC)c2)cc1. The highest BCUT2D eigenvalue weighted by atomic mass is 16.5. The number of hydrogen-bond donors (Lipinski definition) is 1. The Balaban J connectivity index is 1.80. The van der Waals surface area contributed by atoms with Crippen molar-refractivity contribution in [2.45, 2.75) is 39.0 Å². The maximum Gasteiger partial charge on any atom is 0.248 e. The summed E-state index contributed by atoms with van der Waals surface area (Å²) in [6, 6.07) is 12.9. The lowest BCUT2D eigenvalue weighted by Gasteiger charge is -2.08. The molecule has 0 aromatic heterocycles. The van der Waals surface area contributed by atoms with Gasteiger partial charge in [-0.15, -0.1) is 0 Å². The van der Waals surface area contributed by atoms with Crippen LogP contribution < -0.4 is 19.5 Å². The molecule has 0 unspecified atom stereocenters. The van der Waals surface area contributed by atoms with Crippen LogP contribution >= 0.6 is 0 Å². The fourth-order valence-corrected chi connectivity index (χ4v) is 2.84.